The van der Waals surface area contributed by atoms with Gasteiger partial charge in [0.2, 0.25) is 0 Å². The van der Waals surface area contributed by atoms with Crippen molar-refractivity contribution in [1.29, 1.82) is 0 Å². The van der Waals surface area contributed by atoms with E-state index in [1.165, 1.54) is 26.4 Å². The molecule has 4 heteroatoms. The molecule has 1 aliphatic carbocycles. The van der Waals surface area contributed by atoms with Crippen LogP contribution in [0, 0.1) is 5.41 Å². The lowest BCUT2D eigenvalue weighted by atomic mass is 10.0. The maximum Gasteiger partial charge on any atom is 0.354 e. The number of ether oxygens (including phenoxy) is 1. The van der Waals surface area contributed by atoms with Crippen molar-refractivity contribution in [3.8, 4) is 0 Å². The lowest BCUT2D eigenvalue weighted by molar-refractivity contribution is 0.0594. The van der Waals surface area contributed by atoms with Gasteiger partial charge in [0.25, 0.3) is 0 Å². The molecule has 1 aromatic heterocycles. The SMILES string of the molecule is CCC1(CNCc2ccc(C(=O)OC)[nH]2)CC1. The van der Waals surface area contributed by atoms with E-state index in [9.17, 15) is 4.79 Å². The van der Waals surface area contributed by atoms with Gasteiger partial charge in [0.15, 0.2) is 0 Å². The van der Waals surface area contributed by atoms with Gasteiger partial charge in [-0.25, -0.2) is 4.79 Å². The van der Waals surface area contributed by atoms with E-state index in [1.54, 1.807) is 6.07 Å². The summed E-state index contributed by atoms with van der Waals surface area (Å²) in [5.74, 6) is -0.316. The Morgan fingerprint density at radius 1 is 1.53 bits per heavy atom. The minimum atomic E-state index is -0.316. The number of carbonyl (C=O) groups excluding carboxylic acids is 1. The lowest BCUT2D eigenvalue weighted by Gasteiger charge is -2.12. The van der Waals surface area contributed by atoms with Crippen LogP contribution in [0.5, 0.6) is 0 Å². The molecule has 0 atom stereocenters. The normalized spacial score (nSPS) is 16.8. The van der Waals surface area contributed by atoms with Crippen LogP contribution in [0.15, 0.2) is 12.1 Å². The van der Waals surface area contributed by atoms with Crippen LogP contribution in [0.3, 0.4) is 0 Å². The van der Waals surface area contributed by atoms with Crippen molar-refractivity contribution in [2.45, 2.75) is 32.7 Å². The standard InChI is InChI=1S/C13H20N2O2/c1-3-13(6-7-13)9-14-8-10-4-5-11(15-10)12(16)17-2/h4-5,14-15H,3,6-9H2,1-2H3. The van der Waals surface area contributed by atoms with E-state index in [4.69, 9.17) is 0 Å². The molecule has 94 valence electrons. The molecule has 17 heavy (non-hydrogen) atoms. The van der Waals surface area contributed by atoms with Crippen molar-refractivity contribution in [3.63, 3.8) is 0 Å². The van der Waals surface area contributed by atoms with Gasteiger partial charge in [0.05, 0.1) is 7.11 Å². The second-order valence-electron chi connectivity index (χ2n) is 4.85. The van der Waals surface area contributed by atoms with E-state index in [-0.39, 0.29) is 5.97 Å². The number of aromatic amines is 1. The average Bonchev–Trinajstić information content (AvgIpc) is 2.98. The first-order chi connectivity index (χ1) is 8.19. The Kier molecular flexibility index (Phi) is 3.52. The summed E-state index contributed by atoms with van der Waals surface area (Å²) in [6, 6.07) is 3.68. The number of hydrogen-bond donors (Lipinski definition) is 2. The minimum absolute atomic E-state index is 0.316. The fourth-order valence-electron chi connectivity index (χ4n) is 2.07. The third kappa shape index (κ3) is 2.88. The van der Waals surface area contributed by atoms with Gasteiger partial charge >= 0.3 is 5.97 Å². The van der Waals surface area contributed by atoms with E-state index in [0.717, 1.165) is 18.8 Å². The molecule has 0 radical (unpaired) electrons. The Morgan fingerprint density at radius 3 is 2.88 bits per heavy atom. The van der Waals surface area contributed by atoms with Gasteiger partial charge in [-0.3, -0.25) is 0 Å². The Bertz CT molecular complexity index is 394. The zero-order valence-corrected chi connectivity index (χ0v) is 10.5. The fourth-order valence-corrected chi connectivity index (χ4v) is 2.07. The molecule has 0 bridgehead atoms. The summed E-state index contributed by atoms with van der Waals surface area (Å²) >= 11 is 0. The first-order valence-corrected chi connectivity index (χ1v) is 6.16. The number of carbonyl (C=O) groups is 1. The summed E-state index contributed by atoms with van der Waals surface area (Å²) in [4.78, 5) is 14.3. The van der Waals surface area contributed by atoms with Crippen molar-refractivity contribution in [2.24, 2.45) is 5.41 Å². The summed E-state index contributed by atoms with van der Waals surface area (Å²) in [6.07, 6.45) is 3.93. The van der Waals surface area contributed by atoms with Crippen LogP contribution in [0.1, 0.15) is 42.4 Å². The molecule has 0 aromatic carbocycles. The molecule has 0 unspecified atom stereocenters. The molecule has 2 rings (SSSR count). The highest BCUT2D eigenvalue weighted by Gasteiger charge is 2.39. The van der Waals surface area contributed by atoms with Gasteiger partial charge in [0, 0.05) is 18.8 Å². The first-order valence-electron chi connectivity index (χ1n) is 6.16. The van der Waals surface area contributed by atoms with Crippen LogP contribution in [0.25, 0.3) is 0 Å². The molecule has 4 nitrogen and oxygen atoms in total. The Morgan fingerprint density at radius 2 is 2.29 bits per heavy atom. The summed E-state index contributed by atoms with van der Waals surface area (Å²) in [6.45, 7) is 4.09. The number of esters is 1. The fraction of sp³-hybridized carbons (Fsp3) is 0.615. The number of hydrogen-bond acceptors (Lipinski definition) is 3. The van der Waals surface area contributed by atoms with Crippen LogP contribution in [0.2, 0.25) is 0 Å². The smallest absolute Gasteiger partial charge is 0.354 e. The maximum atomic E-state index is 11.2. The van der Waals surface area contributed by atoms with Gasteiger partial charge < -0.3 is 15.0 Å². The van der Waals surface area contributed by atoms with E-state index in [2.05, 4.69) is 22.0 Å². The zero-order chi connectivity index (χ0) is 12.3. The monoisotopic (exact) mass is 236 g/mol. The Hall–Kier alpha value is -1.29. The predicted octanol–water partition coefficient (Wildman–Crippen LogP) is 2.08. The Balaban J connectivity index is 1.79. The quantitative estimate of drug-likeness (QED) is 0.743. The van der Waals surface area contributed by atoms with Crippen molar-refractivity contribution >= 4 is 5.97 Å². The van der Waals surface area contributed by atoms with Gasteiger partial charge in [0.1, 0.15) is 5.69 Å². The highest BCUT2D eigenvalue weighted by Crippen LogP contribution is 2.47. The van der Waals surface area contributed by atoms with Crippen LogP contribution >= 0.6 is 0 Å². The summed E-state index contributed by atoms with van der Waals surface area (Å²) < 4.78 is 4.65. The second kappa shape index (κ2) is 4.92. The summed E-state index contributed by atoms with van der Waals surface area (Å²) in [5, 5.41) is 3.44. The van der Waals surface area contributed by atoms with Crippen LogP contribution in [-0.2, 0) is 11.3 Å². The van der Waals surface area contributed by atoms with Crippen molar-refractivity contribution < 1.29 is 9.53 Å². The highest BCUT2D eigenvalue weighted by molar-refractivity contribution is 5.87. The predicted molar refractivity (Wildman–Crippen MR) is 65.8 cm³/mol. The topological polar surface area (TPSA) is 54.1 Å². The number of methoxy groups -OCH3 is 1. The summed E-state index contributed by atoms with van der Waals surface area (Å²) in [7, 11) is 1.39. The van der Waals surface area contributed by atoms with Crippen molar-refractivity contribution in [2.75, 3.05) is 13.7 Å². The highest BCUT2D eigenvalue weighted by atomic mass is 16.5. The van der Waals surface area contributed by atoms with Gasteiger partial charge in [-0.05, 0) is 36.8 Å². The van der Waals surface area contributed by atoms with Gasteiger partial charge in [-0.2, -0.15) is 0 Å². The maximum absolute atomic E-state index is 11.2. The van der Waals surface area contributed by atoms with E-state index >= 15 is 0 Å². The minimum Gasteiger partial charge on any atom is -0.464 e. The lowest BCUT2D eigenvalue weighted by Crippen LogP contribution is -2.23. The van der Waals surface area contributed by atoms with Crippen molar-refractivity contribution in [1.82, 2.24) is 10.3 Å². The van der Waals surface area contributed by atoms with Gasteiger partial charge in [-0.1, -0.05) is 6.92 Å². The molecular formula is C13H20N2O2. The molecule has 0 spiro atoms. The molecule has 2 N–H and O–H groups in total. The first kappa shape index (κ1) is 12.2. The molecule has 0 saturated heterocycles. The van der Waals surface area contributed by atoms with Gasteiger partial charge in [-0.15, -0.1) is 0 Å². The number of H-pyrrole nitrogens is 1. The van der Waals surface area contributed by atoms with Crippen molar-refractivity contribution in [3.05, 3.63) is 23.5 Å². The molecule has 0 aliphatic heterocycles. The number of nitrogens with one attached hydrogen (secondary N) is 2. The zero-order valence-electron chi connectivity index (χ0n) is 10.5. The number of aromatic nitrogens is 1. The van der Waals surface area contributed by atoms with Crippen LogP contribution in [0.4, 0.5) is 0 Å². The van der Waals surface area contributed by atoms with E-state index in [0.29, 0.717) is 11.1 Å². The third-order valence-corrected chi connectivity index (χ3v) is 3.67. The molecule has 1 fully saturated rings. The average molecular weight is 236 g/mol. The number of rotatable bonds is 6. The molecule has 1 heterocycles. The van der Waals surface area contributed by atoms with E-state index in [1.807, 2.05) is 6.07 Å². The second-order valence-corrected chi connectivity index (χ2v) is 4.85. The largest absolute Gasteiger partial charge is 0.464 e. The molecular weight excluding hydrogens is 216 g/mol. The molecule has 0 amide bonds. The molecule has 1 saturated carbocycles. The Labute approximate surface area is 102 Å². The molecule has 1 aromatic rings. The third-order valence-electron chi connectivity index (χ3n) is 3.67. The molecule has 1 aliphatic rings. The van der Waals surface area contributed by atoms with E-state index < -0.39 is 0 Å². The van der Waals surface area contributed by atoms with Crippen LogP contribution < -0.4 is 5.32 Å². The summed E-state index contributed by atoms with van der Waals surface area (Å²) in [5.41, 5.74) is 2.09. The van der Waals surface area contributed by atoms with Crippen LogP contribution in [-0.4, -0.2) is 24.6 Å².